The van der Waals surface area contributed by atoms with Gasteiger partial charge in [0.05, 0.1) is 6.04 Å². The van der Waals surface area contributed by atoms with E-state index in [2.05, 4.69) is 17.1 Å². The van der Waals surface area contributed by atoms with Crippen LogP contribution >= 0.6 is 0 Å². The molecule has 7 nitrogen and oxygen atoms in total. The summed E-state index contributed by atoms with van der Waals surface area (Å²) in [6.07, 6.45) is 4.93. The first-order valence-corrected chi connectivity index (χ1v) is 7.75. The topological polar surface area (TPSA) is 82.7 Å². The number of amides is 2. The molecule has 3 aliphatic rings. The van der Waals surface area contributed by atoms with Crippen LogP contribution in [0.15, 0.2) is 4.42 Å². The molecule has 1 saturated carbocycles. The standard InChI is InChI=1S/C14H20N4O3/c1-8-2-3-9(6-8)12-15-16-13(21-12)11-5-4-10-7-17(11)14(19)18(10)20/h8-11,20H,2-7H2,1H3/t8-,9+,10+,11-/m0/s1. The molecule has 1 aliphatic carbocycles. The number of carbonyl (C=O) groups is 1. The molecule has 0 radical (unpaired) electrons. The Balaban J connectivity index is 1.54. The zero-order chi connectivity index (χ0) is 14.6. The minimum atomic E-state index is -0.350. The van der Waals surface area contributed by atoms with E-state index in [1.807, 2.05) is 0 Å². The van der Waals surface area contributed by atoms with Crippen molar-refractivity contribution in [3.63, 3.8) is 0 Å². The van der Waals surface area contributed by atoms with Crippen molar-refractivity contribution in [2.75, 3.05) is 6.54 Å². The number of hydrogen-bond donors (Lipinski definition) is 1. The largest absolute Gasteiger partial charge is 0.423 e. The van der Waals surface area contributed by atoms with E-state index in [9.17, 15) is 10.0 Å². The second kappa shape index (κ2) is 4.69. The first-order valence-electron chi connectivity index (χ1n) is 7.75. The number of piperidine rings is 1. The Bertz CT molecular complexity index is 560. The van der Waals surface area contributed by atoms with E-state index in [4.69, 9.17) is 4.42 Å². The monoisotopic (exact) mass is 292 g/mol. The van der Waals surface area contributed by atoms with Gasteiger partial charge in [0.25, 0.3) is 0 Å². The predicted molar refractivity (Wildman–Crippen MR) is 71.5 cm³/mol. The zero-order valence-corrected chi connectivity index (χ0v) is 12.1. The number of urea groups is 1. The molecular formula is C14H20N4O3. The molecule has 1 aromatic rings. The number of carbonyl (C=O) groups excluding carboxylic acids is 1. The zero-order valence-electron chi connectivity index (χ0n) is 12.1. The van der Waals surface area contributed by atoms with Crippen LogP contribution < -0.4 is 0 Å². The van der Waals surface area contributed by atoms with Crippen molar-refractivity contribution in [3.8, 4) is 0 Å². The van der Waals surface area contributed by atoms with E-state index in [0.29, 0.717) is 30.2 Å². The summed E-state index contributed by atoms with van der Waals surface area (Å²) in [7, 11) is 0. The summed E-state index contributed by atoms with van der Waals surface area (Å²) < 4.78 is 5.87. The second-order valence-electron chi connectivity index (χ2n) is 6.62. The summed E-state index contributed by atoms with van der Waals surface area (Å²) in [6.45, 7) is 2.79. The smallest absolute Gasteiger partial charge is 0.344 e. The lowest BCUT2D eigenvalue weighted by molar-refractivity contribution is -0.0584. The SMILES string of the molecule is C[C@H]1CC[C@@H](c2nnc([C@@H]3CC[C@@H]4CN3C(=O)N4O)o2)C1. The molecule has 4 rings (SSSR count). The van der Waals surface area contributed by atoms with Gasteiger partial charge in [0, 0.05) is 12.5 Å². The molecule has 2 saturated heterocycles. The molecule has 0 unspecified atom stereocenters. The first kappa shape index (κ1) is 13.1. The van der Waals surface area contributed by atoms with Gasteiger partial charge in [-0.25, -0.2) is 9.86 Å². The maximum Gasteiger partial charge on any atom is 0.344 e. The average Bonchev–Trinajstić information content (AvgIpc) is 3.17. The Labute approximate surface area is 122 Å². The first-order chi connectivity index (χ1) is 10.1. The fourth-order valence-corrected chi connectivity index (χ4v) is 3.88. The number of hydroxylamine groups is 2. The Morgan fingerprint density at radius 2 is 2.00 bits per heavy atom. The van der Waals surface area contributed by atoms with Crippen molar-refractivity contribution < 1.29 is 14.4 Å². The summed E-state index contributed by atoms with van der Waals surface area (Å²) >= 11 is 0. The van der Waals surface area contributed by atoms with Crippen LogP contribution in [0.2, 0.25) is 0 Å². The minimum Gasteiger partial charge on any atom is -0.423 e. The van der Waals surface area contributed by atoms with Crippen LogP contribution in [0.1, 0.15) is 62.8 Å². The molecule has 7 heteroatoms. The summed E-state index contributed by atoms with van der Waals surface area (Å²) in [5, 5.41) is 18.9. The second-order valence-corrected chi connectivity index (χ2v) is 6.62. The third-order valence-electron chi connectivity index (χ3n) is 5.13. The van der Waals surface area contributed by atoms with Crippen molar-refractivity contribution in [1.82, 2.24) is 20.2 Å². The van der Waals surface area contributed by atoms with Gasteiger partial charge in [0.15, 0.2) is 0 Å². The highest BCUT2D eigenvalue weighted by atomic mass is 16.5. The predicted octanol–water partition coefficient (Wildman–Crippen LogP) is 2.30. The Morgan fingerprint density at radius 3 is 2.76 bits per heavy atom. The molecule has 3 heterocycles. The summed E-state index contributed by atoms with van der Waals surface area (Å²) in [6, 6.07) is -0.630. The van der Waals surface area contributed by atoms with Crippen LogP contribution in [0, 0.1) is 5.92 Å². The van der Waals surface area contributed by atoms with E-state index >= 15 is 0 Å². The van der Waals surface area contributed by atoms with E-state index < -0.39 is 0 Å². The highest BCUT2D eigenvalue weighted by Gasteiger charge is 2.46. The maximum atomic E-state index is 12.0. The van der Waals surface area contributed by atoms with Gasteiger partial charge >= 0.3 is 6.03 Å². The lowest BCUT2D eigenvalue weighted by Crippen LogP contribution is -2.34. The normalized spacial score (nSPS) is 35.8. The number of hydrogen-bond acceptors (Lipinski definition) is 5. The summed E-state index contributed by atoms with van der Waals surface area (Å²) in [4.78, 5) is 13.6. The molecule has 2 bridgehead atoms. The van der Waals surface area contributed by atoms with Crippen molar-refractivity contribution >= 4 is 6.03 Å². The molecule has 1 aromatic heterocycles. The molecule has 2 aliphatic heterocycles. The van der Waals surface area contributed by atoms with Crippen molar-refractivity contribution in [2.45, 2.75) is 57.0 Å². The van der Waals surface area contributed by atoms with Crippen LogP contribution in [0.4, 0.5) is 4.79 Å². The van der Waals surface area contributed by atoms with E-state index in [1.165, 1.54) is 6.42 Å². The molecule has 21 heavy (non-hydrogen) atoms. The average molecular weight is 292 g/mol. The number of fused-ring (bicyclic) bond motifs is 2. The van der Waals surface area contributed by atoms with E-state index in [0.717, 1.165) is 30.7 Å². The van der Waals surface area contributed by atoms with Crippen LogP contribution in [-0.4, -0.2) is 44.0 Å². The number of nitrogens with zero attached hydrogens (tertiary/aromatic N) is 4. The lowest BCUT2D eigenvalue weighted by atomic mass is 10.0. The highest BCUT2D eigenvalue weighted by Crippen LogP contribution is 2.40. The van der Waals surface area contributed by atoms with Crippen molar-refractivity contribution in [2.24, 2.45) is 5.92 Å². The van der Waals surface area contributed by atoms with Crippen molar-refractivity contribution in [1.29, 1.82) is 0 Å². The summed E-state index contributed by atoms with van der Waals surface area (Å²) in [5.74, 6) is 2.31. The highest BCUT2D eigenvalue weighted by molar-refractivity contribution is 5.76. The van der Waals surface area contributed by atoms with Gasteiger partial charge in [0.2, 0.25) is 11.8 Å². The van der Waals surface area contributed by atoms with Gasteiger partial charge < -0.3 is 9.32 Å². The van der Waals surface area contributed by atoms with E-state index in [1.54, 1.807) is 4.90 Å². The Morgan fingerprint density at radius 1 is 1.19 bits per heavy atom. The summed E-state index contributed by atoms with van der Waals surface area (Å²) in [5.41, 5.74) is 0. The number of aromatic nitrogens is 2. The molecular weight excluding hydrogens is 272 g/mol. The van der Waals surface area contributed by atoms with Crippen LogP contribution in [0.25, 0.3) is 0 Å². The third-order valence-corrected chi connectivity index (χ3v) is 5.13. The fraction of sp³-hybridized carbons (Fsp3) is 0.786. The lowest BCUT2D eigenvalue weighted by Gasteiger charge is -2.27. The van der Waals surface area contributed by atoms with Crippen molar-refractivity contribution in [3.05, 3.63) is 11.8 Å². The van der Waals surface area contributed by atoms with Gasteiger partial charge in [-0.1, -0.05) is 6.92 Å². The minimum absolute atomic E-state index is 0.0909. The van der Waals surface area contributed by atoms with Gasteiger partial charge in [-0.05, 0) is 38.0 Å². The van der Waals surface area contributed by atoms with Gasteiger partial charge in [-0.2, -0.15) is 0 Å². The van der Waals surface area contributed by atoms with Gasteiger partial charge in [-0.15, -0.1) is 10.2 Å². The number of rotatable bonds is 2. The fourth-order valence-electron chi connectivity index (χ4n) is 3.88. The van der Waals surface area contributed by atoms with Crippen LogP contribution in [-0.2, 0) is 0 Å². The molecule has 3 fully saturated rings. The molecule has 114 valence electrons. The molecule has 2 amide bonds. The molecule has 1 N–H and O–H groups in total. The molecule has 0 aromatic carbocycles. The molecule has 0 spiro atoms. The van der Waals surface area contributed by atoms with Crippen LogP contribution in [0.5, 0.6) is 0 Å². The third kappa shape index (κ3) is 2.02. The Hall–Kier alpha value is -1.63. The maximum absolute atomic E-state index is 12.0. The Kier molecular flexibility index (Phi) is 2.92. The van der Waals surface area contributed by atoms with Crippen LogP contribution in [0.3, 0.4) is 0 Å². The van der Waals surface area contributed by atoms with Gasteiger partial charge in [0.1, 0.15) is 6.04 Å². The van der Waals surface area contributed by atoms with E-state index in [-0.39, 0.29) is 18.1 Å². The van der Waals surface area contributed by atoms with Gasteiger partial charge in [-0.3, -0.25) is 5.21 Å². The quantitative estimate of drug-likeness (QED) is 0.846. The molecule has 4 atom stereocenters.